The standard InChI is InChI=1S/C33H29Cl2IN2O5S/c1-5-41-32(40)28-19(4)37-33-38(29(28)23-11-7-9-13-26(23)43-18(2)3)31(39)27(44-33)15-21-14-22(34)16-25(36)30(21)42-17-20-10-6-8-12-24(20)35/h6-16,18,29H,5,17H2,1-4H3/b27-15-/t29-/m1/s1. The SMILES string of the molecule is CCOC(=O)C1=C(C)N=c2s/c(=C\c3cc(Cl)cc(I)c3OCc3ccccc3Cl)c(=O)n2[C@@H]1c1ccccc1OC(C)C. The summed E-state index contributed by atoms with van der Waals surface area (Å²) in [5.41, 5.74) is 2.55. The number of benzene rings is 3. The van der Waals surface area contributed by atoms with E-state index in [4.69, 9.17) is 37.4 Å². The van der Waals surface area contributed by atoms with Crippen molar-refractivity contribution < 1.29 is 19.0 Å². The second-order valence-corrected chi connectivity index (χ2v) is 13.2. The lowest BCUT2D eigenvalue weighted by molar-refractivity contribution is -0.139. The lowest BCUT2D eigenvalue weighted by Crippen LogP contribution is -2.40. The molecule has 44 heavy (non-hydrogen) atoms. The van der Waals surface area contributed by atoms with E-state index < -0.39 is 12.0 Å². The van der Waals surface area contributed by atoms with E-state index in [-0.39, 0.29) is 30.5 Å². The van der Waals surface area contributed by atoms with Crippen molar-refractivity contribution in [3.8, 4) is 11.5 Å². The van der Waals surface area contributed by atoms with E-state index in [1.54, 1.807) is 32.1 Å². The van der Waals surface area contributed by atoms with Gasteiger partial charge in [0.05, 0.1) is 32.1 Å². The molecule has 2 heterocycles. The lowest BCUT2D eigenvalue weighted by Gasteiger charge is -2.26. The molecule has 11 heteroatoms. The molecule has 1 aliphatic rings. The molecule has 0 fully saturated rings. The van der Waals surface area contributed by atoms with Crippen LogP contribution in [0.2, 0.25) is 10.0 Å². The van der Waals surface area contributed by atoms with E-state index in [0.29, 0.717) is 47.7 Å². The number of hydrogen-bond donors (Lipinski definition) is 0. The molecule has 1 aromatic heterocycles. The number of allylic oxidation sites excluding steroid dienone is 1. The van der Waals surface area contributed by atoms with Crippen LogP contribution < -0.4 is 24.4 Å². The average molecular weight is 763 g/mol. The zero-order valence-corrected chi connectivity index (χ0v) is 28.9. The maximum absolute atomic E-state index is 14.2. The van der Waals surface area contributed by atoms with Crippen LogP contribution >= 0.6 is 57.1 Å². The number of thiazole rings is 1. The summed E-state index contributed by atoms with van der Waals surface area (Å²) < 4.78 is 20.5. The molecule has 3 aromatic carbocycles. The predicted octanol–water partition coefficient (Wildman–Crippen LogP) is 7.08. The number of carbonyl (C=O) groups excluding carboxylic acids is 1. The Labute approximate surface area is 282 Å². The van der Waals surface area contributed by atoms with Crippen molar-refractivity contribution in [1.29, 1.82) is 0 Å². The fourth-order valence-corrected chi connectivity index (χ4v) is 7.34. The topological polar surface area (TPSA) is 79.1 Å². The Hall–Kier alpha value is -3.12. The van der Waals surface area contributed by atoms with E-state index in [2.05, 4.69) is 27.6 Å². The number of hydrogen-bond acceptors (Lipinski definition) is 7. The fraction of sp³-hybridized carbons (Fsp3) is 0.242. The van der Waals surface area contributed by atoms with Crippen molar-refractivity contribution in [2.75, 3.05) is 6.61 Å². The van der Waals surface area contributed by atoms with Gasteiger partial charge in [-0.15, -0.1) is 0 Å². The lowest BCUT2D eigenvalue weighted by atomic mass is 9.95. The van der Waals surface area contributed by atoms with Crippen molar-refractivity contribution in [3.63, 3.8) is 0 Å². The van der Waals surface area contributed by atoms with Gasteiger partial charge in [-0.3, -0.25) is 9.36 Å². The number of fused-ring (bicyclic) bond motifs is 1. The van der Waals surface area contributed by atoms with E-state index in [9.17, 15) is 9.59 Å². The molecule has 228 valence electrons. The summed E-state index contributed by atoms with van der Waals surface area (Å²) in [6.45, 7) is 7.75. The maximum Gasteiger partial charge on any atom is 0.338 e. The molecule has 0 saturated carbocycles. The molecule has 0 spiro atoms. The Bertz CT molecular complexity index is 1950. The van der Waals surface area contributed by atoms with Crippen LogP contribution in [0.4, 0.5) is 0 Å². The van der Waals surface area contributed by atoms with Crippen molar-refractivity contribution in [2.45, 2.75) is 46.4 Å². The summed E-state index contributed by atoms with van der Waals surface area (Å²) in [7, 11) is 0. The number of nitrogens with zero attached hydrogens (tertiary/aromatic N) is 2. The molecule has 5 rings (SSSR count). The highest BCUT2D eigenvalue weighted by Gasteiger charge is 2.35. The third-order valence-corrected chi connectivity index (χ3v) is 9.12. The summed E-state index contributed by atoms with van der Waals surface area (Å²) in [6.07, 6.45) is 1.62. The first-order chi connectivity index (χ1) is 21.1. The largest absolute Gasteiger partial charge is 0.491 e. The van der Waals surface area contributed by atoms with Crippen molar-refractivity contribution >= 4 is 69.2 Å². The first-order valence-electron chi connectivity index (χ1n) is 13.9. The van der Waals surface area contributed by atoms with Gasteiger partial charge in [0, 0.05) is 26.7 Å². The highest BCUT2D eigenvalue weighted by molar-refractivity contribution is 14.1. The van der Waals surface area contributed by atoms with Crippen LogP contribution in [0.1, 0.15) is 50.4 Å². The molecule has 0 N–H and O–H groups in total. The number of carbonyl (C=O) groups is 1. The number of rotatable bonds is 9. The van der Waals surface area contributed by atoms with Gasteiger partial charge in [-0.2, -0.15) is 0 Å². The van der Waals surface area contributed by atoms with Gasteiger partial charge in [0.25, 0.3) is 5.56 Å². The number of aromatic nitrogens is 1. The van der Waals surface area contributed by atoms with Crippen molar-refractivity contribution in [2.24, 2.45) is 4.99 Å². The van der Waals surface area contributed by atoms with E-state index in [0.717, 1.165) is 9.13 Å². The van der Waals surface area contributed by atoms with Crippen LogP contribution in [0.15, 0.2) is 81.7 Å². The van der Waals surface area contributed by atoms with Gasteiger partial charge in [-0.1, -0.05) is 70.9 Å². The van der Waals surface area contributed by atoms with Crippen LogP contribution in [0.25, 0.3) is 6.08 Å². The second kappa shape index (κ2) is 13.9. The third kappa shape index (κ3) is 6.75. The molecule has 1 atom stereocenters. The van der Waals surface area contributed by atoms with Gasteiger partial charge in [0.1, 0.15) is 24.1 Å². The van der Waals surface area contributed by atoms with Crippen LogP contribution in [-0.2, 0) is 16.1 Å². The smallest absolute Gasteiger partial charge is 0.338 e. The normalized spacial score (nSPS) is 14.8. The molecule has 0 saturated heterocycles. The minimum atomic E-state index is -0.808. The highest BCUT2D eigenvalue weighted by Crippen LogP contribution is 2.36. The highest BCUT2D eigenvalue weighted by atomic mass is 127. The summed E-state index contributed by atoms with van der Waals surface area (Å²) in [5, 5.41) is 1.09. The summed E-state index contributed by atoms with van der Waals surface area (Å²) in [6, 6.07) is 17.6. The van der Waals surface area contributed by atoms with Gasteiger partial charge in [-0.25, -0.2) is 9.79 Å². The van der Waals surface area contributed by atoms with Crippen LogP contribution in [0.5, 0.6) is 11.5 Å². The Morgan fingerprint density at radius 1 is 1.14 bits per heavy atom. The Morgan fingerprint density at radius 3 is 2.59 bits per heavy atom. The molecule has 0 bridgehead atoms. The molecule has 1 aliphatic heterocycles. The van der Waals surface area contributed by atoms with E-state index >= 15 is 0 Å². The monoisotopic (exact) mass is 762 g/mol. The minimum absolute atomic E-state index is 0.127. The molecule has 0 aliphatic carbocycles. The maximum atomic E-state index is 14.2. The molecular weight excluding hydrogens is 734 g/mol. The number of para-hydroxylation sites is 1. The quantitative estimate of drug-likeness (QED) is 0.135. The summed E-state index contributed by atoms with van der Waals surface area (Å²) in [4.78, 5) is 32.7. The van der Waals surface area contributed by atoms with Crippen LogP contribution in [-0.4, -0.2) is 23.2 Å². The van der Waals surface area contributed by atoms with Gasteiger partial charge in [0.15, 0.2) is 4.80 Å². The van der Waals surface area contributed by atoms with E-state index in [1.165, 1.54) is 15.9 Å². The van der Waals surface area contributed by atoms with Gasteiger partial charge < -0.3 is 14.2 Å². The second-order valence-electron chi connectivity index (χ2n) is 10.2. The predicted molar refractivity (Wildman–Crippen MR) is 183 cm³/mol. The van der Waals surface area contributed by atoms with Gasteiger partial charge in [0.2, 0.25) is 0 Å². The average Bonchev–Trinajstić information content (AvgIpc) is 3.26. The van der Waals surface area contributed by atoms with Gasteiger partial charge >= 0.3 is 5.97 Å². The number of ether oxygens (including phenoxy) is 3. The Morgan fingerprint density at radius 2 is 1.86 bits per heavy atom. The van der Waals surface area contributed by atoms with E-state index in [1.807, 2.05) is 62.4 Å². The minimum Gasteiger partial charge on any atom is -0.491 e. The van der Waals surface area contributed by atoms with Crippen molar-refractivity contribution in [1.82, 2.24) is 4.57 Å². The molecule has 0 unspecified atom stereocenters. The first-order valence-corrected chi connectivity index (χ1v) is 16.5. The zero-order valence-electron chi connectivity index (χ0n) is 24.4. The first kappa shape index (κ1) is 32.3. The van der Waals surface area contributed by atoms with Gasteiger partial charge in [-0.05, 0) is 80.6 Å². The number of halogens is 3. The van der Waals surface area contributed by atoms with Crippen molar-refractivity contribution in [3.05, 3.63) is 122 Å². The molecular formula is C33H29Cl2IN2O5S. The Kier molecular flexibility index (Phi) is 10.2. The zero-order chi connectivity index (χ0) is 31.5. The summed E-state index contributed by atoms with van der Waals surface area (Å²) in [5.74, 6) is 0.599. The van der Waals surface area contributed by atoms with Crippen LogP contribution in [0.3, 0.4) is 0 Å². The molecule has 4 aromatic rings. The third-order valence-electron chi connectivity index (χ3n) is 6.75. The Balaban J connectivity index is 1.68. The molecule has 0 amide bonds. The summed E-state index contributed by atoms with van der Waals surface area (Å²) >= 11 is 16.2. The number of esters is 1. The fourth-order valence-electron chi connectivity index (χ4n) is 4.90. The molecule has 0 radical (unpaired) electrons. The van der Waals surface area contributed by atoms with Crippen LogP contribution in [0, 0.1) is 3.57 Å². The molecule has 7 nitrogen and oxygen atoms in total.